The van der Waals surface area contributed by atoms with E-state index in [0.717, 1.165) is 5.56 Å². The van der Waals surface area contributed by atoms with Crippen LogP contribution in [0.1, 0.15) is 38.7 Å². The molecule has 0 saturated carbocycles. The number of rotatable bonds is 10. The topological polar surface area (TPSA) is 64.6 Å². The lowest BCUT2D eigenvalue weighted by molar-refractivity contribution is -0.154. The van der Waals surface area contributed by atoms with E-state index in [9.17, 15) is 9.59 Å². The summed E-state index contributed by atoms with van der Waals surface area (Å²) in [6, 6.07) is 9.90. The van der Waals surface area contributed by atoms with Crippen molar-refractivity contribution in [3.63, 3.8) is 0 Å². The van der Waals surface area contributed by atoms with Crippen LogP contribution in [0, 0.1) is 0 Å². The highest BCUT2D eigenvalue weighted by molar-refractivity contribution is 5.87. The molecular weight excluding hydrogens is 294 g/mol. The molecule has 0 saturated heterocycles. The summed E-state index contributed by atoms with van der Waals surface area (Å²) < 4.78 is 10.3. The summed E-state index contributed by atoms with van der Waals surface area (Å²) in [5.74, 6) is -0.606. The first-order valence-corrected chi connectivity index (χ1v) is 8.03. The maximum Gasteiger partial charge on any atom is 0.331 e. The van der Waals surface area contributed by atoms with Crippen molar-refractivity contribution in [1.29, 1.82) is 0 Å². The van der Waals surface area contributed by atoms with Crippen molar-refractivity contribution < 1.29 is 19.1 Å². The van der Waals surface area contributed by atoms with Crippen molar-refractivity contribution in [2.45, 2.75) is 45.1 Å². The van der Waals surface area contributed by atoms with E-state index in [2.05, 4.69) is 5.32 Å². The van der Waals surface area contributed by atoms with Gasteiger partial charge in [-0.2, -0.15) is 0 Å². The van der Waals surface area contributed by atoms with Crippen LogP contribution in [0.4, 0.5) is 0 Å². The maximum atomic E-state index is 12.5. The second kappa shape index (κ2) is 10.0. The molecule has 0 aromatic heterocycles. The van der Waals surface area contributed by atoms with Gasteiger partial charge in [-0.15, -0.1) is 0 Å². The lowest BCUT2D eigenvalue weighted by Gasteiger charge is -2.32. The lowest BCUT2D eigenvalue weighted by Crippen LogP contribution is -2.55. The second-order valence-corrected chi connectivity index (χ2v) is 5.57. The van der Waals surface area contributed by atoms with E-state index < -0.39 is 5.54 Å². The quantitative estimate of drug-likeness (QED) is 0.531. The average molecular weight is 321 g/mol. The summed E-state index contributed by atoms with van der Waals surface area (Å²) in [5.41, 5.74) is 0.120. The third-order valence-corrected chi connectivity index (χ3v) is 3.72. The average Bonchev–Trinajstić information content (AvgIpc) is 2.53. The molecule has 23 heavy (non-hydrogen) atoms. The highest BCUT2D eigenvalue weighted by atomic mass is 16.5. The number of carbonyl (C=O) groups excluding carboxylic acids is 2. The van der Waals surface area contributed by atoms with E-state index in [1.165, 1.54) is 6.92 Å². The number of hydrogen-bond donors (Lipinski definition) is 1. The van der Waals surface area contributed by atoms with E-state index >= 15 is 0 Å². The van der Waals surface area contributed by atoms with Gasteiger partial charge in [0.1, 0.15) is 5.54 Å². The number of esters is 1. The SMILES string of the molecule is CCOC(=O)C(CCCOC)(CCc1ccccc1)NC(C)=O. The molecule has 1 aromatic carbocycles. The minimum Gasteiger partial charge on any atom is -0.464 e. The Morgan fingerprint density at radius 3 is 2.43 bits per heavy atom. The van der Waals surface area contributed by atoms with Gasteiger partial charge in [0, 0.05) is 20.6 Å². The van der Waals surface area contributed by atoms with E-state index in [-0.39, 0.29) is 18.5 Å². The fourth-order valence-corrected chi connectivity index (χ4v) is 2.63. The Morgan fingerprint density at radius 1 is 1.17 bits per heavy atom. The smallest absolute Gasteiger partial charge is 0.331 e. The third kappa shape index (κ3) is 6.40. The molecule has 0 radical (unpaired) electrons. The number of aryl methyl sites for hydroxylation is 1. The minimum atomic E-state index is -1.00. The minimum absolute atomic E-state index is 0.233. The Labute approximate surface area is 138 Å². The fourth-order valence-electron chi connectivity index (χ4n) is 2.63. The van der Waals surface area contributed by atoms with Gasteiger partial charge in [-0.1, -0.05) is 30.3 Å². The summed E-state index contributed by atoms with van der Waals surface area (Å²) in [5, 5.41) is 2.84. The number of ether oxygens (including phenoxy) is 2. The van der Waals surface area contributed by atoms with Gasteiger partial charge in [-0.3, -0.25) is 4.79 Å². The van der Waals surface area contributed by atoms with Crippen LogP contribution in [0.15, 0.2) is 30.3 Å². The molecule has 1 amide bonds. The van der Waals surface area contributed by atoms with Crippen molar-refractivity contribution in [3.8, 4) is 0 Å². The molecule has 1 rings (SSSR count). The molecule has 1 atom stereocenters. The van der Waals surface area contributed by atoms with Gasteiger partial charge >= 0.3 is 5.97 Å². The molecule has 0 heterocycles. The zero-order valence-electron chi connectivity index (χ0n) is 14.3. The van der Waals surface area contributed by atoms with Crippen LogP contribution in [0.5, 0.6) is 0 Å². The lowest BCUT2D eigenvalue weighted by atomic mass is 9.86. The molecule has 1 aromatic rings. The molecule has 128 valence electrons. The molecule has 0 fully saturated rings. The van der Waals surface area contributed by atoms with Crippen LogP contribution in [-0.4, -0.2) is 37.7 Å². The highest BCUT2D eigenvalue weighted by Gasteiger charge is 2.39. The van der Waals surface area contributed by atoms with Crippen LogP contribution in [-0.2, 0) is 25.5 Å². The Morgan fingerprint density at radius 2 is 1.87 bits per heavy atom. The zero-order valence-corrected chi connectivity index (χ0v) is 14.3. The molecule has 1 unspecified atom stereocenters. The molecule has 0 spiro atoms. The van der Waals surface area contributed by atoms with Crippen molar-refractivity contribution in [3.05, 3.63) is 35.9 Å². The Hall–Kier alpha value is -1.88. The Balaban J connectivity index is 2.92. The highest BCUT2D eigenvalue weighted by Crippen LogP contribution is 2.23. The molecule has 0 aliphatic rings. The number of methoxy groups -OCH3 is 1. The monoisotopic (exact) mass is 321 g/mol. The molecule has 0 aliphatic carbocycles. The van der Waals surface area contributed by atoms with Gasteiger partial charge in [0.05, 0.1) is 6.61 Å². The predicted octanol–water partition coefficient (Wildman–Crippen LogP) is 2.48. The van der Waals surface area contributed by atoms with Gasteiger partial charge in [0.15, 0.2) is 0 Å². The van der Waals surface area contributed by atoms with Crippen molar-refractivity contribution in [1.82, 2.24) is 5.32 Å². The summed E-state index contributed by atoms with van der Waals surface area (Å²) in [6.45, 7) is 4.01. The van der Waals surface area contributed by atoms with Crippen LogP contribution < -0.4 is 5.32 Å². The molecule has 1 N–H and O–H groups in total. The normalized spacial score (nSPS) is 13.2. The van der Waals surface area contributed by atoms with Gasteiger partial charge in [-0.25, -0.2) is 4.79 Å². The fraction of sp³-hybridized carbons (Fsp3) is 0.556. The summed E-state index contributed by atoms with van der Waals surface area (Å²) in [7, 11) is 1.62. The summed E-state index contributed by atoms with van der Waals surface area (Å²) in [6.07, 6.45) is 2.35. The maximum absolute atomic E-state index is 12.5. The van der Waals surface area contributed by atoms with E-state index in [1.807, 2.05) is 30.3 Å². The number of carbonyl (C=O) groups is 2. The van der Waals surface area contributed by atoms with Crippen molar-refractivity contribution in [2.24, 2.45) is 0 Å². The van der Waals surface area contributed by atoms with Crippen LogP contribution in [0.25, 0.3) is 0 Å². The first-order chi connectivity index (χ1) is 11.0. The van der Waals surface area contributed by atoms with Gasteiger partial charge in [0.25, 0.3) is 0 Å². The summed E-state index contributed by atoms with van der Waals surface area (Å²) >= 11 is 0. The standard InChI is InChI=1S/C18H27NO4/c1-4-23-17(21)18(19-15(2)20,12-8-14-22-3)13-11-16-9-6-5-7-10-16/h5-7,9-10H,4,8,11-14H2,1-3H3,(H,19,20). The van der Waals surface area contributed by atoms with Crippen molar-refractivity contribution in [2.75, 3.05) is 20.3 Å². The molecule has 0 bridgehead atoms. The molecule has 5 nitrogen and oxygen atoms in total. The number of amides is 1. The first-order valence-electron chi connectivity index (χ1n) is 8.03. The molecule has 5 heteroatoms. The largest absolute Gasteiger partial charge is 0.464 e. The van der Waals surface area contributed by atoms with Gasteiger partial charge in [-0.05, 0) is 38.2 Å². The molecule has 0 aliphatic heterocycles. The predicted molar refractivity (Wildman–Crippen MR) is 89.1 cm³/mol. The van der Waals surface area contributed by atoms with Crippen molar-refractivity contribution >= 4 is 11.9 Å². The van der Waals surface area contributed by atoms with E-state index in [4.69, 9.17) is 9.47 Å². The van der Waals surface area contributed by atoms with E-state index in [0.29, 0.717) is 32.3 Å². The second-order valence-electron chi connectivity index (χ2n) is 5.57. The van der Waals surface area contributed by atoms with Crippen LogP contribution in [0.3, 0.4) is 0 Å². The first kappa shape index (κ1) is 19.2. The Bertz CT molecular complexity index is 489. The molecular formula is C18H27NO4. The van der Waals surface area contributed by atoms with Crippen LogP contribution >= 0.6 is 0 Å². The number of nitrogens with one attached hydrogen (secondary N) is 1. The zero-order chi connectivity index (χ0) is 17.1. The Kier molecular flexibility index (Phi) is 8.33. The number of hydrogen-bond acceptors (Lipinski definition) is 4. The van der Waals surface area contributed by atoms with E-state index in [1.54, 1.807) is 14.0 Å². The van der Waals surface area contributed by atoms with Gasteiger partial charge < -0.3 is 14.8 Å². The van der Waals surface area contributed by atoms with Gasteiger partial charge in [0.2, 0.25) is 5.91 Å². The summed E-state index contributed by atoms with van der Waals surface area (Å²) in [4.78, 5) is 24.2. The van der Waals surface area contributed by atoms with Crippen LogP contribution in [0.2, 0.25) is 0 Å². The third-order valence-electron chi connectivity index (χ3n) is 3.72. The number of benzene rings is 1.